The summed E-state index contributed by atoms with van der Waals surface area (Å²) >= 11 is 3.42. The molecule has 0 aliphatic heterocycles. The lowest BCUT2D eigenvalue weighted by Crippen LogP contribution is -1.82. The highest BCUT2D eigenvalue weighted by Crippen LogP contribution is 2.18. The molecule has 0 N–H and O–H groups in total. The van der Waals surface area contributed by atoms with Crippen LogP contribution in [-0.2, 0) is 5.33 Å². The van der Waals surface area contributed by atoms with Crippen molar-refractivity contribution in [3.05, 3.63) is 71.3 Å². The number of allylic oxidation sites excluding steroid dienone is 1. The van der Waals surface area contributed by atoms with E-state index in [4.69, 9.17) is 0 Å². The van der Waals surface area contributed by atoms with E-state index in [1.54, 1.807) is 0 Å². The molecule has 2 rings (SSSR count). The van der Waals surface area contributed by atoms with Crippen molar-refractivity contribution in [2.45, 2.75) is 5.33 Å². The molecule has 0 saturated carbocycles. The van der Waals surface area contributed by atoms with Crippen LogP contribution in [-0.4, -0.2) is 0 Å². The molecule has 0 aromatic heterocycles. The first-order chi connectivity index (χ1) is 8.83. The molecule has 0 spiro atoms. The summed E-state index contributed by atoms with van der Waals surface area (Å²) in [6.45, 7) is 0. The zero-order valence-corrected chi connectivity index (χ0v) is 11.4. The lowest BCUT2D eigenvalue weighted by molar-refractivity contribution is 1.43. The van der Waals surface area contributed by atoms with Gasteiger partial charge in [-0.25, -0.2) is 0 Å². The van der Waals surface area contributed by atoms with Crippen LogP contribution in [0, 0.1) is 11.3 Å². The fourth-order valence-electron chi connectivity index (χ4n) is 1.67. The van der Waals surface area contributed by atoms with E-state index in [9.17, 15) is 5.26 Å². The Kier molecular flexibility index (Phi) is 4.33. The van der Waals surface area contributed by atoms with Gasteiger partial charge in [0.1, 0.15) is 0 Å². The first kappa shape index (κ1) is 12.6. The Bertz CT molecular complexity index is 577. The molecule has 0 amide bonds. The SMILES string of the molecule is N#C/C(=C/c1ccc(CBr)cc1)c1ccccc1. The van der Waals surface area contributed by atoms with Crippen molar-refractivity contribution in [1.82, 2.24) is 0 Å². The maximum absolute atomic E-state index is 9.22. The van der Waals surface area contributed by atoms with E-state index < -0.39 is 0 Å². The largest absolute Gasteiger partial charge is 0.192 e. The highest BCUT2D eigenvalue weighted by Gasteiger charge is 1.99. The third-order valence-electron chi connectivity index (χ3n) is 2.65. The molecule has 0 unspecified atom stereocenters. The normalized spacial score (nSPS) is 11.0. The van der Waals surface area contributed by atoms with Gasteiger partial charge in [0.2, 0.25) is 0 Å². The number of hydrogen-bond acceptors (Lipinski definition) is 1. The van der Waals surface area contributed by atoms with Crippen molar-refractivity contribution >= 4 is 27.6 Å². The molecular weight excluding hydrogens is 286 g/mol. The van der Waals surface area contributed by atoms with E-state index in [0.717, 1.165) is 16.5 Å². The lowest BCUT2D eigenvalue weighted by Gasteiger charge is -2.00. The maximum atomic E-state index is 9.22. The van der Waals surface area contributed by atoms with Crippen LogP contribution < -0.4 is 0 Å². The molecular formula is C16H12BrN. The van der Waals surface area contributed by atoms with Gasteiger partial charge >= 0.3 is 0 Å². The van der Waals surface area contributed by atoms with Crippen LogP contribution >= 0.6 is 15.9 Å². The van der Waals surface area contributed by atoms with Crippen molar-refractivity contribution < 1.29 is 0 Å². The van der Waals surface area contributed by atoms with Gasteiger partial charge in [-0.1, -0.05) is 70.5 Å². The third kappa shape index (κ3) is 3.09. The van der Waals surface area contributed by atoms with Crippen LogP contribution in [0.1, 0.15) is 16.7 Å². The van der Waals surface area contributed by atoms with Gasteiger partial charge in [-0.2, -0.15) is 5.26 Å². The predicted octanol–water partition coefficient (Wildman–Crippen LogP) is 4.65. The maximum Gasteiger partial charge on any atom is 0.0998 e. The van der Waals surface area contributed by atoms with Gasteiger partial charge in [-0.15, -0.1) is 0 Å². The molecule has 1 nitrogen and oxygen atoms in total. The van der Waals surface area contributed by atoms with Gasteiger partial charge in [0.25, 0.3) is 0 Å². The van der Waals surface area contributed by atoms with Gasteiger partial charge in [0.15, 0.2) is 0 Å². The van der Waals surface area contributed by atoms with Gasteiger partial charge in [-0.05, 0) is 22.8 Å². The molecule has 18 heavy (non-hydrogen) atoms. The van der Waals surface area contributed by atoms with Crippen molar-refractivity contribution in [3.63, 3.8) is 0 Å². The molecule has 0 heterocycles. The molecule has 0 aliphatic rings. The molecule has 0 saturated heterocycles. The smallest absolute Gasteiger partial charge is 0.0998 e. The zero-order chi connectivity index (χ0) is 12.8. The summed E-state index contributed by atoms with van der Waals surface area (Å²) in [5.74, 6) is 0. The average Bonchev–Trinajstić information content (AvgIpc) is 2.46. The minimum Gasteiger partial charge on any atom is -0.192 e. The first-order valence-corrected chi connectivity index (χ1v) is 6.78. The number of rotatable bonds is 3. The van der Waals surface area contributed by atoms with Gasteiger partial charge in [-0.3, -0.25) is 0 Å². The summed E-state index contributed by atoms with van der Waals surface area (Å²) in [6.07, 6.45) is 1.91. The quantitative estimate of drug-likeness (QED) is 0.460. The number of halogens is 1. The van der Waals surface area contributed by atoms with Crippen molar-refractivity contribution in [3.8, 4) is 6.07 Å². The third-order valence-corrected chi connectivity index (χ3v) is 3.30. The summed E-state index contributed by atoms with van der Waals surface area (Å²) in [5.41, 5.74) is 3.90. The number of nitriles is 1. The van der Waals surface area contributed by atoms with Crippen molar-refractivity contribution in [1.29, 1.82) is 5.26 Å². The number of nitrogens with zero attached hydrogens (tertiary/aromatic N) is 1. The molecule has 0 atom stereocenters. The van der Waals surface area contributed by atoms with Crippen LogP contribution in [0.2, 0.25) is 0 Å². The minimum absolute atomic E-state index is 0.683. The van der Waals surface area contributed by atoms with E-state index in [-0.39, 0.29) is 0 Å². The van der Waals surface area contributed by atoms with E-state index in [1.165, 1.54) is 5.56 Å². The molecule has 0 bridgehead atoms. The van der Waals surface area contributed by atoms with Gasteiger partial charge in [0, 0.05) is 5.33 Å². The Labute approximate surface area is 116 Å². The molecule has 0 fully saturated rings. The topological polar surface area (TPSA) is 23.8 Å². The van der Waals surface area contributed by atoms with Crippen LogP contribution in [0.4, 0.5) is 0 Å². The monoisotopic (exact) mass is 297 g/mol. The Morgan fingerprint density at radius 2 is 1.72 bits per heavy atom. The second kappa shape index (κ2) is 6.18. The van der Waals surface area contributed by atoms with Gasteiger partial charge < -0.3 is 0 Å². The summed E-state index contributed by atoms with van der Waals surface area (Å²) in [4.78, 5) is 0. The van der Waals surface area contributed by atoms with Crippen molar-refractivity contribution in [2.24, 2.45) is 0 Å². The Balaban J connectivity index is 2.33. The van der Waals surface area contributed by atoms with Crippen LogP contribution in [0.25, 0.3) is 11.6 Å². The Morgan fingerprint density at radius 1 is 1.06 bits per heavy atom. The number of alkyl halides is 1. The van der Waals surface area contributed by atoms with Crippen molar-refractivity contribution in [2.75, 3.05) is 0 Å². The molecule has 2 heteroatoms. The number of hydrogen-bond donors (Lipinski definition) is 0. The summed E-state index contributed by atoms with van der Waals surface area (Å²) < 4.78 is 0. The Hall–Kier alpha value is -1.85. The first-order valence-electron chi connectivity index (χ1n) is 5.65. The highest BCUT2D eigenvalue weighted by atomic mass is 79.9. The van der Waals surface area contributed by atoms with E-state index >= 15 is 0 Å². The zero-order valence-electron chi connectivity index (χ0n) is 9.81. The highest BCUT2D eigenvalue weighted by molar-refractivity contribution is 9.08. The number of benzene rings is 2. The molecule has 88 valence electrons. The van der Waals surface area contributed by atoms with Gasteiger partial charge in [0.05, 0.1) is 11.6 Å². The van der Waals surface area contributed by atoms with E-state index in [2.05, 4.69) is 34.1 Å². The fourth-order valence-corrected chi connectivity index (χ4v) is 2.04. The van der Waals surface area contributed by atoms with Crippen LogP contribution in [0.15, 0.2) is 54.6 Å². The minimum atomic E-state index is 0.683. The lowest BCUT2D eigenvalue weighted by atomic mass is 10.0. The molecule has 2 aromatic rings. The van der Waals surface area contributed by atoms with Crippen LogP contribution in [0.5, 0.6) is 0 Å². The molecule has 0 aliphatic carbocycles. The second-order valence-electron chi connectivity index (χ2n) is 3.91. The summed E-state index contributed by atoms with van der Waals surface area (Å²) in [7, 11) is 0. The van der Waals surface area contributed by atoms with Crippen LogP contribution in [0.3, 0.4) is 0 Å². The Morgan fingerprint density at radius 3 is 2.28 bits per heavy atom. The standard InChI is InChI=1S/C16H12BrN/c17-11-14-8-6-13(7-9-14)10-16(12-18)15-4-2-1-3-5-15/h1-10H,11H2/b16-10-. The van der Waals surface area contributed by atoms with E-state index in [0.29, 0.717) is 5.57 Å². The van der Waals surface area contributed by atoms with E-state index in [1.807, 2.05) is 48.5 Å². The fraction of sp³-hybridized carbons (Fsp3) is 0.0625. The average molecular weight is 298 g/mol. The second-order valence-corrected chi connectivity index (χ2v) is 4.47. The molecule has 2 aromatic carbocycles. The summed E-state index contributed by atoms with van der Waals surface area (Å²) in [6, 6.07) is 20.1. The summed E-state index contributed by atoms with van der Waals surface area (Å²) in [5, 5.41) is 10.1. The molecule has 0 radical (unpaired) electrons. The predicted molar refractivity (Wildman–Crippen MR) is 79.0 cm³/mol.